The molecule has 2 unspecified atom stereocenters. The number of carbonyl (C=O) groups is 1. The Morgan fingerprint density at radius 3 is 2.57 bits per heavy atom. The summed E-state index contributed by atoms with van der Waals surface area (Å²) < 4.78 is 16.8. The Bertz CT molecular complexity index is 647. The average Bonchev–Trinajstić information content (AvgIpc) is 2.89. The first kappa shape index (κ1) is 15.8. The molecule has 2 aliphatic rings. The monoisotopic (exact) mass is 315 g/mol. The van der Waals surface area contributed by atoms with Crippen LogP contribution in [0, 0.1) is 0 Å². The van der Waals surface area contributed by atoms with E-state index in [1.54, 1.807) is 24.2 Å². The molecule has 0 spiro atoms. The number of hydrogen-bond donors (Lipinski definition) is 0. The molecule has 0 aromatic heterocycles. The van der Waals surface area contributed by atoms with Crippen molar-refractivity contribution in [2.45, 2.75) is 31.8 Å². The number of anilines is 1. The second-order valence-electron chi connectivity index (χ2n) is 6.04. The predicted octanol–water partition coefficient (Wildman–Crippen LogP) is 2.67. The molecule has 2 fully saturated rings. The summed E-state index contributed by atoms with van der Waals surface area (Å²) in [5.74, 6) is 0.0869. The Kier molecular flexibility index (Phi) is 4.00. The molecule has 2 atom stereocenters. The Balaban J connectivity index is 1.90. The fourth-order valence-corrected chi connectivity index (χ4v) is 3.02. The average molecular weight is 315 g/mol. The summed E-state index contributed by atoms with van der Waals surface area (Å²) in [5, 5.41) is 0. The second kappa shape index (κ2) is 5.83. The van der Waals surface area contributed by atoms with Crippen LogP contribution in [0.2, 0.25) is 0 Å². The lowest BCUT2D eigenvalue weighted by atomic mass is 9.88. The van der Waals surface area contributed by atoms with Gasteiger partial charge in [0, 0.05) is 11.3 Å². The maximum absolute atomic E-state index is 12.5. The quantitative estimate of drug-likeness (QED) is 0.633. The van der Waals surface area contributed by atoms with Crippen molar-refractivity contribution in [2.24, 2.45) is 0 Å². The molecule has 23 heavy (non-hydrogen) atoms. The van der Waals surface area contributed by atoms with Crippen LogP contribution >= 0.6 is 0 Å². The highest BCUT2D eigenvalue weighted by Gasteiger charge is 2.51. The van der Waals surface area contributed by atoms with Crippen molar-refractivity contribution in [3.05, 3.63) is 48.6 Å². The molecule has 2 heterocycles. The fraction of sp³-hybridized carbons (Fsp3) is 0.389. The van der Waals surface area contributed by atoms with Gasteiger partial charge >= 0.3 is 0 Å². The van der Waals surface area contributed by atoms with Gasteiger partial charge in [-0.25, -0.2) is 0 Å². The van der Waals surface area contributed by atoms with E-state index in [9.17, 15) is 4.79 Å². The first-order valence-corrected chi connectivity index (χ1v) is 7.59. The van der Waals surface area contributed by atoms with Crippen LogP contribution in [0.15, 0.2) is 48.6 Å². The van der Waals surface area contributed by atoms with Crippen LogP contribution in [-0.4, -0.2) is 37.6 Å². The van der Waals surface area contributed by atoms with E-state index >= 15 is 0 Å². The van der Waals surface area contributed by atoms with E-state index in [1.165, 1.54) is 0 Å². The van der Waals surface area contributed by atoms with Gasteiger partial charge in [-0.05, 0) is 38.1 Å². The van der Waals surface area contributed by atoms with Crippen molar-refractivity contribution in [2.75, 3.05) is 18.6 Å². The molecule has 2 aliphatic heterocycles. The molecule has 0 radical (unpaired) electrons. The summed E-state index contributed by atoms with van der Waals surface area (Å²) in [6.45, 7) is 7.90. The highest BCUT2D eigenvalue weighted by atomic mass is 16.7. The van der Waals surface area contributed by atoms with Gasteiger partial charge in [-0.2, -0.15) is 0 Å². The summed E-state index contributed by atoms with van der Waals surface area (Å²) in [6.07, 6.45) is 3.19. The van der Waals surface area contributed by atoms with E-state index in [0.29, 0.717) is 12.2 Å². The van der Waals surface area contributed by atoms with Crippen LogP contribution in [-0.2, 0) is 14.3 Å². The zero-order chi connectivity index (χ0) is 16.6. The van der Waals surface area contributed by atoms with Gasteiger partial charge in [0.25, 0.3) is 5.91 Å². The molecule has 0 aliphatic carbocycles. The number of nitrogens with zero attached hydrogens (tertiary/aromatic N) is 1. The zero-order valence-corrected chi connectivity index (χ0v) is 13.6. The van der Waals surface area contributed by atoms with Crippen molar-refractivity contribution >= 4 is 11.6 Å². The minimum atomic E-state index is -0.631. The van der Waals surface area contributed by atoms with E-state index in [-0.39, 0.29) is 18.1 Å². The predicted molar refractivity (Wildman–Crippen MR) is 87.5 cm³/mol. The lowest BCUT2D eigenvalue weighted by Gasteiger charge is -2.45. The Hall–Kier alpha value is -2.11. The van der Waals surface area contributed by atoms with Crippen LogP contribution in [0.3, 0.4) is 0 Å². The molecular weight excluding hydrogens is 294 g/mol. The number of amides is 1. The molecule has 1 aromatic carbocycles. The van der Waals surface area contributed by atoms with Crippen molar-refractivity contribution < 1.29 is 19.0 Å². The number of allylic oxidation sites excluding steroid dienone is 2. The van der Waals surface area contributed by atoms with Gasteiger partial charge in [-0.15, -0.1) is 0 Å². The number of hydrogen-bond acceptors (Lipinski definition) is 4. The van der Waals surface area contributed by atoms with Crippen molar-refractivity contribution in [1.82, 2.24) is 0 Å². The molecule has 3 rings (SSSR count). The first-order valence-electron chi connectivity index (χ1n) is 7.59. The Morgan fingerprint density at radius 1 is 1.35 bits per heavy atom. The SMILES string of the molecule is C=C/C=C1/C(=O)N(c2ccc(OC)cc2)C1C1COC(C)(C)O1. The molecule has 1 aromatic rings. The van der Waals surface area contributed by atoms with Gasteiger partial charge in [0.05, 0.1) is 19.8 Å². The number of ether oxygens (including phenoxy) is 3. The van der Waals surface area contributed by atoms with E-state index in [4.69, 9.17) is 14.2 Å². The van der Waals surface area contributed by atoms with Crippen molar-refractivity contribution in [1.29, 1.82) is 0 Å². The van der Waals surface area contributed by atoms with E-state index in [2.05, 4.69) is 6.58 Å². The summed E-state index contributed by atoms with van der Waals surface area (Å²) in [5.41, 5.74) is 1.51. The highest BCUT2D eigenvalue weighted by Crippen LogP contribution is 2.39. The van der Waals surface area contributed by atoms with Gasteiger partial charge in [0.15, 0.2) is 5.79 Å². The summed E-state index contributed by atoms with van der Waals surface area (Å²) >= 11 is 0. The van der Waals surface area contributed by atoms with Crippen LogP contribution < -0.4 is 9.64 Å². The van der Waals surface area contributed by atoms with Gasteiger partial charge in [-0.1, -0.05) is 18.7 Å². The molecule has 0 bridgehead atoms. The van der Waals surface area contributed by atoms with Gasteiger partial charge in [0.1, 0.15) is 11.9 Å². The molecule has 2 saturated heterocycles. The lowest BCUT2D eigenvalue weighted by molar-refractivity contribution is -0.143. The number of carbonyl (C=O) groups excluding carboxylic acids is 1. The van der Waals surface area contributed by atoms with Gasteiger partial charge < -0.3 is 14.2 Å². The molecule has 0 N–H and O–H groups in total. The van der Waals surface area contributed by atoms with E-state index < -0.39 is 5.79 Å². The maximum atomic E-state index is 12.5. The topological polar surface area (TPSA) is 48.0 Å². The minimum absolute atomic E-state index is 0.0339. The molecule has 1 amide bonds. The van der Waals surface area contributed by atoms with Gasteiger partial charge in [0.2, 0.25) is 0 Å². The van der Waals surface area contributed by atoms with Crippen LogP contribution in [0.25, 0.3) is 0 Å². The third-order valence-electron chi connectivity index (χ3n) is 4.09. The molecule has 0 saturated carbocycles. The molecule has 5 nitrogen and oxygen atoms in total. The molecule has 5 heteroatoms. The Morgan fingerprint density at radius 2 is 2.04 bits per heavy atom. The third kappa shape index (κ3) is 2.78. The maximum Gasteiger partial charge on any atom is 0.257 e. The van der Waals surface area contributed by atoms with Crippen molar-refractivity contribution in [3.63, 3.8) is 0 Å². The zero-order valence-electron chi connectivity index (χ0n) is 13.6. The largest absolute Gasteiger partial charge is 0.497 e. The summed E-state index contributed by atoms with van der Waals surface area (Å²) in [6, 6.07) is 7.25. The number of benzene rings is 1. The number of β-lactam (4-membered cyclic amide) rings is 1. The molecule has 122 valence electrons. The highest BCUT2D eigenvalue weighted by molar-refractivity contribution is 6.15. The summed E-state index contributed by atoms with van der Waals surface area (Å²) in [4.78, 5) is 14.3. The first-order chi connectivity index (χ1) is 11.0. The third-order valence-corrected chi connectivity index (χ3v) is 4.09. The lowest BCUT2D eigenvalue weighted by Crippen LogP contribution is -2.61. The molecular formula is C18H21NO4. The van der Waals surface area contributed by atoms with Gasteiger partial charge in [-0.3, -0.25) is 9.69 Å². The fourth-order valence-electron chi connectivity index (χ4n) is 3.02. The smallest absolute Gasteiger partial charge is 0.257 e. The number of methoxy groups -OCH3 is 1. The summed E-state index contributed by atoms with van der Waals surface area (Å²) in [7, 11) is 1.61. The Labute approximate surface area is 136 Å². The van der Waals surface area contributed by atoms with Crippen molar-refractivity contribution in [3.8, 4) is 5.75 Å². The van der Waals surface area contributed by atoms with E-state index in [0.717, 1.165) is 11.4 Å². The van der Waals surface area contributed by atoms with Crippen LogP contribution in [0.1, 0.15) is 13.8 Å². The second-order valence-corrected chi connectivity index (χ2v) is 6.04. The standard InChI is InChI=1S/C18H21NO4/c1-5-6-14-16(15-11-22-18(2,3)23-15)19(17(14)20)12-7-9-13(21-4)10-8-12/h5-10,15-16H,1,11H2,2-4H3/b14-6+. The minimum Gasteiger partial charge on any atom is -0.497 e. The van der Waals surface area contributed by atoms with Crippen LogP contribution in [0.5, 0.6) is 5.75 Å². The van der Waals surface area contributed by atoms with Crippen LogP contribution in [0.4, 0.5) is 5.69 Å². The normalized spacial score (nSPS) is 27.9. The van der Waals surface area contributed by atoms with E-state index in [1.807, 2.05) is 38.1 Å². The number of rotatable bonds is 4.